The van der Waals surface area contributed by atoms with Gasteiger partial charge in [-0.1, -0.05) is 56.4 Å². The average Bonchev–Trinajstić information content (AvgIpc) is 2.66. The number of hydrogen-bond donors (Lipinski definition) is 0. The Balaban J connectivity index is 1.41. The number of rotatable bonds is 3. The van der Waals surface area contributed by atoms with E-state index in [-0.39, 0.29) is 5.41 Å². The first-order valence-electron chi connectivity index (χ1n) is 11.2. The lowest BCUT2D eigenvalue weighted by molar-refractivity contribution is 0.0917. The maximum Gasteiger partial charge on any atom is 0.0869 e. The van der Waals surface area contributed by atoms with Crippen LogP contribution >= 0.6 is 0 Å². The van der Waals surface area contributed by atoms with Crippen molar-refractivity contribution in [2.24, 2.45) is 5.92 Å². The van der Waals surface area contributed by atoms with Gasteiger partial charge < -0.3 is 4.90 Å². The fourth-order valence-corrected chi connectivity index (χ4v) is 5.88. The van der Waals surface area contributed by atoms with Gasteiger partial charge in [0.15, 0.2) is 0 Å². The zero-order valence-corrected chi connectivity index (χ0v) is 16.8. The van der Waals surface area contributed by atoms with E-state index in [9.17, 15) is 5.26 Å². The third kappa shape index (κ3) is 4.39. The van der Waals surface area contributed by atoms with Crippen LogP contribution in [0, 0.1) is 17.2 Å². The second kappa shape index (κ2) is 8.76. The zero-order valence-electron chi connectivity index (χ0n) is 16.8. The maximum atomic E-state index is 9.22. The van der Waals surface area contributed by atoms with E-state index in [1.807, 2.05) is 0 Å². The molecule has 3 nitrogen and oxygen atoms in total. The number of piperidine rings is 1. The fourth-order valence-electron chi connectivity index (χ4n) is 5.88. The molecule has 1 saturated carbocycles. The first kappa shape index (κ1) is 19.0. The standard InChI is InChI=1S/C24H35N3/c25-14-17-27-19-22-10-6-7-11-23(22)24(20-27)12-15-26(16-13-24)18-21-8-4-2-1-3-5-9-21/h6-7,10-11,21H,1-5,8-9,12-13,15-20H2. The molecule has 0 amide bonds. The summed E-state index contributed by atoms with van der Waals surface area (Å²) in [7, 11) is 0. The highest BCUT2D eigenvalue weighted by Gasteiger charge is 2.41. The van der Waals surface area contributed by atoms with E-state index in [4.69, 9.17) is 0 Å². The Morgan fingerprint density at radius 1 is 0.963 bits per heavy atom. The SMILES string of the molecule is N#CCN1Cc2ccccc2C2(CCN(CC3CCCCCCC3)CC2)C1. The fraction of sp³-hybridized carbons (Fsp3) is 0.708. The molecule has 27 heavy (non-hydrogen) atoms. The van der Waals surface area contributed by atoms with Gasteiger partial charge >= 0.3 is 0 Å². The van der Waals surface area contributed by atoms with E-state index in [0.29, 0.717) is 6.54 Å². The van der Waals surface area contributed by atoms with Crippen LogP contribution in [0.25, 0.3) is 0 Å². The van der Waals surface area contributed by atoms with E-state index in [1.165, 1.54) is 83.0 Å². The van der Waals surface area contributed by atoms with Gasteiger partial charge in [0, 0.05) is 25.0 Å². The minimum absolute atomic E-state index is 0.267. The van der Waals surface area contributed by atoms with Crippen LogP contribution in [0.5, 0.6) is 0 Å². The molecular weight excluding hydrogens is 330 g/mol. The van der Waals surface area contributed by atoms with Crippen molar-refractivity contribution < 1.29 is 0 Å². The molecule has 3 aliphatic rings. The third-order valence-electron chi connectivity index (χ3n) is 7.36. The van der Waals surface area contributed by atoms with Crippen molar-refractivity contribution in [1.29, 1.82) is 5.26 Å². The van der Waals surface area contributed by atoms with Crippen LogP contribution in [0.2, 0.25) is 0 Å². The lowest BCUT2D eigenvalue weighted by Crippen LogP contribution is -2.52. The predicted octanol–water partition coefficient (Wildman–Crippen LogP) is 4.72. The second-order valence-corrected chi connectivity index (χ2v) is 9.25. The van der Waals surface area contributed by atoms with E-state index in [0.717, 1.165) is 19.0 Å². The summed E-state index contributed by atoms with van der Waals surface area (Å²) in [5.74, 6) is 0.924. The molecule has 0 unspecified atom stereocenters. The molecule has 2 fully saturated rings. The van der Waals surface area contributed by atoms with Crippen LogP contribution in [0.15, 0.2) is 24.3 Å². The van der Waals surface area contributed by atoms with Gasteiger partial charge in [-0.05, 0) is 55.8 Å². The Hall–Kier alpha value is -1.37. The summed E-state index contributed by atoms with van der Waals surface area (Å²) in [5, 5.41) is 9.22. The molecule has 1 aliphatic carbocycles. The largest absolute Gasteiger partial charge is 0.303 e. The molecule has 2 heterocycles. The minimum atomic E-state index is 0.267. The van der Waals surface area contributed by atoms with Crippen LogP contribution < -0.4 is 0 Å². The van der Waals surface area contributed by atoms with Crippen LogP contribution in [-0.2, 0) is 12.0 Å². The molecule has 1 aromatic rings. The van der Waals surface area contributed by atoms with Gasteiger partial charge in [-0.3, -0.25) is 4.90 Å². The third-order valence-corrected chi connectivity index (χ3v) is 7.36. The molecule has 3 heteroatoms. The van der Waals surface area contributed by atoms with Crippen molar-refractivity contribution in [2.75, 3.05) is 32.7 Å². The van der Waals surface area contributed by atoms with Gasteiger partial charge in [0.05, 0.1) is 12.6 Å². The van der Waals surface area contributed by atoms with Gasteiger partial charge in [0.2, 0.25) is 0 Å². The molecule has 146 valence electrons. The maximum absolute atomic E-state index is 9.22. The van der Waals surface area contributed by atoms with Gasteiger partial charge in [0.25, 0.3) is 0 Å². The summed E-state index contributed by atoms with van der Waals surface area (Å²) in [4.78, 5) is 5.12. The summed E-state index contributed by atoms with van der Waals surface area (Å²) in [6.07, 6.45) is 12.6. The predicted molar refractivity (Wildman–Crippen MR) is 110 cm³/mol. The molecule has 0 bridgehead atoms. The molecule has 0 N–H and O–H groups in total. The van der Waals surface area contributed by atoms with Crippen LogP contribution in [-0.4, -0.2) is 42.5 Å². The second-order valence-electron chi connectivity index (χ2n) is 9.25. The van der Waals surface area contributed by atoms with Crippen LogP contribution in [0.3, 0.4) is 0 Å². The normalized spacial score (nSPS) is 24.7. The highest BCUT2D eigenvalue weighted by atomic mass is 15.2. The average molecular weight is 366 g/mol. The summed E-state index contributed by atoms with van der Waals surface area (Å²) < 4.78 is 0. The van der Waals surface area contributed by atoms with Crippen LogP contribution in [0.1, 0.15) is 68.9 Å². The number of nitrogens with zero attached hydrogens (tertiary/aromatic N) is 3. The quantitative estimate of drug-likeness (QED) is 0.726. The Labute approximate surface area is 165 Å². The lowest BCUT2D eigenvalue weighted by atomic mass is 9.68. The minimum Gasteiger partial charge on any atom is -0.303 e. The van der Waals surface area contributed by atoms with Gasteiger partial charge in [-0.2, -0.15) is 5.26 Å². The first-order valence-corrected chi connectivity index (χ1v) is 11.2. The number of benzene rings is 1. The van der Waals surface area contributed by atoms with Gasteiger partial charge in [-0.25, -0.2) is 0 Å². The Kier molecular flexibility index (Phi) is 6.15. The summed E-state index contributed by atoms with van der Waals surface area (Å²) in [6.45, 7) is 6.34. The van der Waals surface area contributed by atoms with Crippen molar-refractivity contribution >= 4 is 0 Å². The Bertz CT molecular complexity index is 646. The highest BCUT2D eigenvalue weighted by Crippen LogP contribution is 2.42. The van der Waals surface area contributed by atoms with Crippen molar-refractivity contribution in [2.45, 2.75) is 69.7 Å². The summed E-state index contributed by atoms with van der Waals surface area (Å²) >= 11 is 0. The zero-order chi connectivity index (χ0) is 18.5. The number of nitriles is 1. The summed E-state index contributed by atoms with van der Waals surface area (Å²) in [5.41, 5.74) is 3.29. The van der Waals surface area contributed by atoms with Crippen molar-refractivity contribution in [1.82, 2.24) is 9.80 Å². The van der Waals surface area contributed by atoms with Crippen molar-refractivity contribution in [3.8, 4) is 6.07 Å². The Morgan fingerprint density at radius 3 is 2.41 bits per heavy atom. The molecule has 1 saturated heterocycles. The van der Waals surface area contributed by atoms with Gasteiger partial charge in [-0.15, -0.1) is 0 Å². The molecule has 4 rings (SSSR count). The molecule has 1 aromatic carbocycles. The topological polar surface area (TPSA) is 30.3 Å². The Morgan fingerprint density at radius 2 is 1.67 bits per heavy atom. The molecule has 1 spiro atoms. The molecule has 0 aromatic heterocycles. The van der Waals surface area contributed by atoms with Gasteiger partial charge in [0.1, 0.15) is 0 Å². The molecule has 2 aliphatic heterocycles. The number of likely N-dealkylation sites (tertiary alicyclic amines) is 1. The van der Waals surface area contributed by atoms with E-state index in [1.54, 1.807) is 5.56 Å². The van der Waals surface area contributed by atoms with E-state index < -0.39 is 0 Å². The summed E-state index contributed by atoms with van der Waals surface area (Å²) in [6, 6.07) is 11.4. The lowest BCUT2D eigenvalue weighted by Gasteiger charge is -2.48. The smallest absolute Gasteiger partial charge is 0.0869 e. The van der Waals surface area contributed by atoms with Crippen molar-refractivity contribution in [3.63, 3.8) is 0 Å². The monoisotopic (exact) mass is 365 g/mol. The van der Waals surface area contributed by atoms with Crippen molar-refractivity contribution in [3.05, 3.63) is 35.4 Å². The first-order chi connectivity index (χ1) is 13.3. The van der Waals surface area contributed by atoms with Crippen LogP contribution in [0.4, 0.5) is 0 Å². The number of hydrogen-bond acceptors (Lipinski definition) is 3. The number of fused-ring (bicyclic) bond motifs is 2. The van der Waals surface area contributed by atoms with E-state index in [2.05, 4.69) is 40.1 Å². The van der Waals surface area contributed by atoms with E-state index >= 15 is 0 Å². The highest BCUT2D eigenvalue weighted by molar-refractivity contribution is 5.38. The molecule has 0 radical (unpaired) electrons. The molecular formula is C24H35N3. The molecule has 0 atom stereocenters.